The summed E-state index contributed by atoms with van der Waals surface area (Å²) < 4.78 is 0. The number of rotatable bonds is 5. The molecule has 0 aliphatic rings. The minimum absolute atomic E-state index is 0.229. The van der Waals surface area contributed by atoms with E-state index in [1.165, 1.54) is 15.3 Å². The molecule has 0 saturated heterocycles. The Labute approximate surface area is 131 Å². The lowest BCUT2D eigenvalue weighted by molar-refractivity contribution is 0.819. The van der Waals surface area contributed by atoms with Crippen LogP contribution in [0, 0.1) is 13.8 Å². The minimum atomic E-state index is 0.229. The van der Waals surface area contributed by atoms with Crippen LogP contribution in [0.5, 0.6) is 0 Å². The lowest BCUT2D eigenvalue weighted by atomic mass is 10.0. The Bertz CT molecular complexity index is 619. The van der Waals surface area contributed by atoms with Crippen LogP contribution in [0.3, 0.4) is 0 Å². The number of hydrogen-bond donors (Lipinski definition) is 2. The van der Waals surface area contributed by atoms with Gasteiger partial charge in [0.1, 0.15) is 18.0 Å². The fourth-order valence-electron chi connectivity index (χ4n) is 2.62. The minimum Gasteiger partial charge on any atom is -0.373 e. The van der Waals surface area contributed by atoms with Gasteiger partial charge >= 0.3 is 0 Å². The van der Waals surface area contributed by atoms with E-state index >= 15 is 0 Å². The fraction of sp³-hybridized carbons (Fsp3) is 0.500. The maximum Gasteiger partial charge on any atom is 0.135 e. The lowest BCUT2D eigenvalue weighted by Gasteiger charge is -2.20. The van der Waals surface area contributed by atoms with Crippen molar-refractivity contribution in [3.63, 3.8) is 0 Å². The van der Waals surface area contributed by atoms with E-state index in [1.54, 1.807) is 6.33 Å². The Kier molecular flexibility index (Phi) is 4.83. The third-order valence-corrected chi connectivity index (χ3v) is 4.58. The third-order valence-electron chi connectivity index (χ3n) is 3.60. The van der Waals surface area contributed by atoms with Crippen LogP contribution in [0.4, 0.5) is 11.6 Å². The average Bonchev–Trinajstić information content (AvgIpc) is 2.77. The molecule has 2 N–H and O–H groups in total. The van der Waals surface area contributed by atoms with Gasteiger partial charge in [0.05, 0.1) is 6.04 Å². The molecule has 0 saturated carbocycles. The number of anilines is 2. The first-order valence-electron chi connectivity index (χ1n) is 7.30. The molecule has 21 heavy (non-hydrogen) atoms. The molecule has 1 unspecified atom stereocenters. The molecule has 114 valence electrons. The zero-order chi connectivity index (χ0) is 15.6. The number of hydrogen-bond acceptors (Lipinski definition) is 5. The zero-order valence-electron chi connectivity index (χ0n) is 13.6. The van der Waals surface area contributed by atoms with Crippen molar-refractivity contribution in [1.29, 1.82) is 0 Å². The molecule has 2 heterocycles. The Morgan fingerprint density at radius 1 is 1.10 bits per heavy atom. The molecular formula is C16H24N4S. The highest BCUT2D eigenvalue weighted by molar-refractivity contribution is 7.12. The maximum absolute atomic E-state index is 4.45. The molecular weight excluding hydrogens is 280 g/mol. The summed E-state index contributed by atoms with van der Waals surface area (Å²) in [6, 6.07) is 2.49. The van der Waals surface area contributed by atoms with Crippen molar-refractivity contribution in [2.45, 2.75) is 46.6 Å². The van der Waals surface area contributed by atoms with Crippen molar-refractivity contribution in [2.75, 3.05) is 17.7 Å². The van der Waals surface area contributed by atoms with E-state index in [2.05, 4.69) is 61.3 Å². The fourth-order valence-corrected chi connectivity index (χ4v) is 3.64. The summed E-state index contributed by atoms with van der Waals surface area (Å²) in [6.45, 7) is 10.8. The smallest absolute Gasteiger partial charge is 0.135 e. The van der Waals surface area contributed by atoms with E-state index in [4.69, 9.17) is 0 Å². The largest absolute Gasteiger partial charge is 0.373 e. The van der Waals surface area contributed by atoms with Crippen LogP contribution < -0.4 is 10.6 Å². The molecule has 4 nitrogen and oxygen atoms in total. The van der Waals surface area contributed by atoms with E-state index in [-0.39, 0.29) is 6.04 Å². The van der Waals surface area contributed by atoms with E-state index in [0.717, 1.165) is 17.2 Å². The van der Waals surface area contributed by atoms with Crippen molar-refractivity contribution >= 4 is 23.0 Å². The van der Waals surface area contributed by atoms with Crippen LogP contribution in [0.15, 0.2) is 12.4 Å². The van der Waals surface area contributed by atoms with Crippen molar-refractivity contribution < 1.29 is 0 Å². The highest BCUT2D eigenvalue weighted by Crippen LogP contribution is 2.32. The summed E-state index contributed by atoms with van der Waals surface area (Å²) in [5.41, 5.74) is 2.48. The molecule has 0 aliphatic carbocycles. The van der Waals surface area contributed by atoms with Gasteiger partial charge in [-0.05, 0) is 38.3 Å². The van der Waals surface area contributed by atoms with Gasteiger partial charge < -0.3 is 10.6 Å². The van der Waals surface area contributed by atoms with Crippen LogP contribution in [-0.2, 0) is 0 Å². The first kappa shape index (κ1) is 15.8. The standard InChI is InChI=1S/C16H24N4S/c1-9(2)14-15(17-6)18-8-19-16(14)20-11(4)13-7-10(3)21-12(13)5/h7-9,11H,1-6H3,(H2,17,18,19,20). The number of aromatic nitrogens is 2. The van der Waals surface area contributed by atoms with Crippen LogP contribution in [-0.4, -0.2) is 17.0 Å². The number of aryl methyl sites for hydroxylation is 2. The summed E-state index contributed by atoms with van der Waals surface area (Å²) in [6.07, 6.45) is 1.61. The molecule has 2 aromatic heterocycles. The molecule has 5 heteroatoms. The van der Waals surface area contributed by atoms with Gasteiger partial charge in [0.2, 0.25) is 0 Å². The number of nitrogens with one attached hydrogen (secondary N) is 2. The highest BCUT2D eigenvalue weighted by atomic mass is 32.1. The zero-order valence-corrected chi connectivity index (χ0v) is 14.4. The quantitative estimate of drug-likeness (QED) is 0.854. The molecule has 0 radical (unpaired) electrons. The van der Waals surface area contributed by atoms with Gasteiger partial charge in [0, 0.05) is 22.4 Å². The van der Waals surface area contributed by atoms with Gasteiger partial charge in [-0.15, -0.1) is 11.3 Å². The molecule has 2 rings (SSSR count). The summed E-state index contributed by atoms with van der Waals surface area (Å²) in [4.78, 5) is 11.5. The van der Waals surface area contributed by atoms with Gasteiger partial charge in [0.15, 0.2) is 0 Å². The second-order valence-electron chi connectivity index (χ2n) is 5.62. The molecule has 0 fully saturated rings. The monoisotopic (exact) mass is 304 g/mol. The summed E-state index contributed by atoms with van der Waals surface area (Å²) in [5, 5.41) is 6.71. The van der Waals surface area contributed by atoms with Gasteiger partial charge in [-0.3, -0.25) is 0 Å². The SMILES string of the molecule is CNc1ncnc(NC(C)c2cc(C)sc2C)c1C(C)C. The van der Waals surface area contributed by atoms with E-state index in [1.807, 2.05) is 18.4 Å². The van der Waals surface area contributed by atoms with Gasteiger partial charge in [-0.2, -0.15) is 0 Å². The van der Waals surface area contributed by atoms with Crippen LogP contribution >= 0.6 is 11.3 Å². The second kappa shape index (κ2) is 6.43. The summed E-state index contributed by atoms with van der Waals surface area (Å²) >= 11 is 1.84. The summed E-state index contributed by atoms with van der Waals surface area (Å²) in [7, 11) is 1.90. The molecule has 0 bridgehead atoms. The molecule has 2 aromatic rings. The predicted molar refractivity (Wildman–Crippen MR) is 91.5 cm³/mol. The lowest BCUT2D eigenvalue weighted by Crippen LogP contribution is -2.13. The summed E-state index contributed by atoms with van der Waals surface area (Å²) in [5.74, 6) is 2.17. The Balaban J connectivity index is 2.33. The molecule has 0 amide bonds. The van der Waals surface area contributed by atoms with Crippen molar-refractivity contribution in [3.8, 4) is 0 Å². The molecule has 0 aromatic carbocycles. The Hall–Kier alpha value is -1.62. The first-order chi connectivity index (χ1) is 9.93. The van der Waals surface area contributed by atoms with Crippen LogP contribution in [0.1, 0.15) is 53.6 Å². The molecule has 0 aliphatic heterocycles. The normalized spacial score (nSPS) is 12.5. The number of thiophene rings is 1. The average molecular weight is 304 g/mol. The molecule has 1 atom stereocenters. The molecule has 0 spiro atoms. The van der Waals surface area contributed by atoms with E-state index in [0.29, 0.717) is 5.92 Å². The maximum atomic E-state index is 4.45. The van der Waals surface area contributed by atoms with Crippen LogP contribution in [0.2, 0.25) is 0 Å². The van der Waals surface area contributed by atoms with Gasteiger partial charge in [-0.25, -0.2) is 9.97 Å². The van der Waals surface area contributed by atoms with Crippen LogP contribution in [0.25, 0.3) is 0 Å². The van der Waals surface area contributed by atoms with Gasteiger partial charge in [-0.1, -0.05) is 13.8 Å². The Morgan fingerprint density at radius 2 is 1.76 bits per heavy atom. The van der Waals surface area contributed by atoms with Crippen molar-refractivity contribution in [3.05, 3.63) is 33.3 Å². The Morgan fingerprint density at radius 3 is 2.29 bits per heavy atom. The van der Waals surface area contributed by atoms with E-state index in [9.17, 15) is 0 Å². The first-order valence-corrected chi connectivity index (χ1v) is 8.11. The van der Waals surface area contributed by atoms with E-state index < -0.39 is 0 Å². The third kappa shape index (κ3) is 3.35. The van der Waals surface area contributed by atoms with Crippen molar-refractivity contribution in [2.24, 2.45) is 0 Å². The number of nitrogens with zero attached hydrogens (tertiary/aromatic N) is 2. The predicted octanol–water partition coefficient (Wildman–Crippen LogP) is 4.49. The van der Waals surface area contributed by atoms with Crippen molar-refractivity contribution in [1.82, 2.24) is 9.97 Å². The topological polar surface area (TPSA) is 49.8 Å². The second-order valence-corrected chi connectivity index (χ2v) is 7.08. The van der Waals surface area contributed by atoms with Gasteiger partial charge in [0.25, 0.3) is 0 Å². The highest BCUT2D eigenvalue weighted by Gasteiger charge is 2.18.